The predicted molar refractivity (Wildman–Crippen MR) is 97.5 cm³/mol. The summed E-state index contributed by atoms with van der Waals surface area (Å²) in [6.07, 6.45) is 0. The molecule has 4 nitrogen and oxygen atoms in total. The number of benzene rings is 2. The molecule has 1 atom stereocenters. The normalized spacial score (nSPS) is 12.5. The van der Waals surface area contributed by atoms with E-state index >= 15 is 0 Å². The van der Waals surface area contributed by atoms with Gasteiger partial charge in [0.05, 0.1) is 23.4 Å². The van der Waals surface area contributed by atoms with E-state index in [2.05, 4.69) is 47.5 Å². The molecule has 0 amide bonds. The molecule has 0 unspecified atom stereocenters. The summed E-state index contributed by atoms with van der Waals surface area (Å²) >= 11 is 1.69. The highest BCUT2D eigenvalue weighted by atomic mass is 32.1. The molecule has 0 saturated carbocycles. The average Bonchev–Trinajstić information content (AvgIpc) is 2.97. The first-order chi connectivity index (χ1) is 11.2. The lowest BCUT2D eigenvalue weighted by atomic mass is 10.1. The lowest BCUT2D eigenvalue weighted by Crippen LogP contribution is -2.26. The van der Waals surface area contributed by atoms with Crippen molar-refractivity contribution in [3.63, 3.8) is 0 Å². The smallest absolute Gasteiger partial charge is 0.183 e. The number of hydrogen-bond acceptors (Lipinski definition) is 5. The molecule has 2 aromatic carbocycles. The molecule has 0 radical (unpaired) electrons. The monoisotopic (exact) mass is 327 g/mol. The SMILES string of the molecule is COc1cccc([C@H](CNc2nc3ccccc3s2)N(C)C)c1. The number of likely N-dealkylation sites (N-methyl/N-ethyl adjacent to an activating group) is 1. The van der Waals surface area contributed by atoms with Crippen molar-refractivity contribution in [3.8, 4) is 5.75 Å². The van der Waals surface area contributed by atoms with Crippen LogP contribution in [-0.4, -0.2) is 37.6 Å². The molecule has 120 valence electrons. The van der Waals surface area contributed by atoms with Crippen LogP contribution in [0.25, 0.3) is 10.2 Å². The molecule has 0 aliphatic heterocycles. The van der Waals surface area contributed by atoms with E-state index in [0.29, 0.717) is 0 Å². The first kappa shape index (κ1) is 15.8. The van der Waals surface area contributed by atoms with Gasteiger partial charge in [0, 0.05) is 6.54 Å². The quantitative estimate of drug-likeness (QED) is 0.742. The fourth-order valence-electron chi connectivity index (χ4n) is 2.58. The highest BCUT2D eigenvalue weighted by molar-refractivity contribution is 7.22. The maximum Gasteiger partial charge on any atom is 0.183 e. The fourth-order valence-corrected chi connectivity index (χ4v) is 3.45. The van der Waals surface area contributed by atoms with Crippen LogP contribution in [0.2, 0.25) is 0 Å². The van der Waals surface area contributed by atoms with Crippen LogP contribution >= 0.6 is 11.3 Å². The zero-order chi connectivity index (χ0) is 16.2. The van der Waals surface area contributed by atoms with Gasteiger partial charge in [-0.3, -0.25) is 0 Å². The number of thiazole rings is 1. The second-order valence-corrected chi connectivity index (χ2v) is 6.65. The van der Waals surface area contributed by atoms with Gasteiger partial charge in [0.15, 0.2) is 5.13 Å². The van der Waals surface area contributed by atoms with Crippen LogP contribution < -0.4 is 10.1 Å². The Labute approximate surface area is 140 Å². The number of hydrogen-bond donors (Lipinski definition) is 1. The summed E-state index contributed by atoms with van der Waals surface area (Å²) in [5.74, 6) is 0.884. The van der Waals surface area contributed by atoms with E-state index < -0.39 is 0 Å². The van der Waals surface area contributed by atoms with Gasteiger partial charge in [0.1, 0.15) is 5.75 Å². The van der Waals surface area contributed by atoms with E-state index in [1.165, 1.54) is 10.3 Å². The summed E-state index contributed by atoms with van der Waals surface area (Å²) in [5.41, 5.74) is 2.27. The van der Waals surface area contributed by atoms with Crippen LogP contribution in [0.1, 0.15) is 11.6 Å². The van der Waals surface area contributed by atoms with E-state index in [1.807, 2.05) is 30.3 Å². The maximum absolute atomic E-state index is 5.34. The molecule has 0 fully saturated rings. The molecule has 0 saturated heterocycles. The molecule has 1 heterocycles. The Balaban J connectivity index is 1.76. The van der Waals surface area contributed by atoms with Crippen molar-refractivity contribution in [3.05, 3.63) is 54.1 Å². The molecule has 0 spiro atoms. The number of aromatic nitrogens is 1. The van der Waals surface area contributed by atoms with Crippen molar-refractivity contribution >= 4 is 26.7 Å². The number of nitrogens with one attached hydrogen (secondary N) is 1. The maximum atomic E-state index is 5.34. The number of rotatable bonds is 6. The minimum absolute atomic E-state index is 0.247. The number of methoxy groups -OCH3 is 1. The Hall–Kier alpha value is -2.11. The summed E-state index contributed by atoms with van der Waals surface area (Å²) in [5, 5.41) is 4.44. The third kappa shape index (κ3) is 3.63. The molecule has 3 aromatic rings. The van der Waals surface area contributed by atoms with E-state index in [4.69, 9.17) is 4.74 Å². The molecule has 0 aliphatic carbocycles. The van der Waals surface area contributed by atoms with Gasteiger partial charge in [0.2, 0.25) is 0 Å². The number of ether oxygens (including phenoxy) is 1. The molecular formula is C18H21N3OS. The highest BCUT2D eigenvalue weighted by Gasteiger charge is 2.15. The largest absolute Gasteiger partial charge is 0.497 e. The van der Waals surface area contributed by atoms with Crippen LogP contribution in [0.5, 0.6) is 5.75 Å². The zero-order valence-corrected chi connectivity index (χ0v) is 14.4. The molecule has 23 heavy (non-hydrogen) atoms. The van der Waals surface area contributed by atoms with Gasteiger partial charge in [-0.15, -0.1) is 0 Å². The van der Waals surface area contributed by atoms with Gasteiger partial charge in [-0.25, -0.2) is 4.98 Å². The van der Waals surface area contributed by atoms with Gasteiger partial charge in [-0.1, -0.05) is 35.6 Å². The Bertz CT molecular complexity index is 752. The zero-order valence-electron chi connectivity index (χ0n) is 13.6. The molecule has 0 aliphatic rings. The van der Waals surface area contributed by atoms with Gasteiger partial charge in [-0.05, 0) is 43.9 Å². The number of anilines is 1. The van der Waals surface area contributed by atoms with Crippen molar-refractivity contribution in [2.24, 2.45) is 0 Å². The summed E-state index contributed by atoms with van der Waals surface area (Å²) in [4.78, 5) is 6.84. The lowest BCUT2D eigenvalue weighted by molar-refractivity contribution is 0.310. The van der Waals surface area contributed by atoms with Gasteiger partial charge < -0.3 is 15.0 Å². The van der Waals surface area contributed by atoms with Crippen molar-refractivity contribution < 1.29 is 4.74 Å². The van der Waals surface area contributed by atoms with Gasteiger partial charge in [0.25, 0.3) is 0 Å². The van der Waals surface area contributed by atoms with Crippen molar-refractivity contribution in [1.82, 2.24) is 9.88 Å². The van der Waals surface area contributed by atoms with Gasteiger partial charge >= 0.3 is 0 Å². The molecule has 0 bridgehead atoms. The Morgan fingerprint density at radius 2 is 2.00 bits per heavy atom. The fraction of sp³-hybridized carbons (Fsp3) is 0.278. The number of nitrogens with zero attached hydrogens (tertiary/aromatic N) is 2. The summed E-state index contributed by atoms with van der Waals surface area (Å²) in [6, 6.07) is 16.7. The summed E-state index contributed by atoms with van der Waals surface area (Å²) < 4.78 is 6.54. The third-order valence-electron chi connectivity index (χ3n) is 3.84. The number of para-hydroxylation sites is 1. The van der Waals surface area contributed by atoms with Crippen molar-refractivity contribution in [1.29, 1.82) is 0 Å². The second kappa shape index (κ2) is 6.98. The van der Waals surface area contributed by atoms with Gasteiger partial charge in [-0.2, -0.15) is 0 Å². The topological polar surface area (TPSA) is 37.4 Å². The highest BCUT2D eigenvalue weighted by Crippen LogP contribution is 2.27. The lowest BCUT2D eigenvalue weighted by Gasteiger charge is -2.25. The first-order valence-electron chi connectivity index (χ1n) is 7.57. The minimum atomic E-state index is 0.247. The second-order valence-electron chi connectivity index (χ2n) is 5.62. The van der Waals surface area contributed by atoms with E-state index in [1.54, 1.807) is 18.4 Å². The van der Waals surface area contributed by atoms with Crippen LogP contribution in [-0.2, 0) is 0 Å². The minimum Gasteiger partial charge on any atom is -0.497 e. The molecule has 3 rings (SSSR count). The van der Waals surface area contributed by atoms with E-state index in [-0.39, 0.29) is 6.04 Å². The molecule has 1 N–H and O–H groups in total. The Kier molecular flexibility index (Phi) is 4.79. The van der Waals surface area contributed by atoms with Crippen molar-refractivity contribution in [2.75, 3.05) is 33.1 Å². The Morgan fingerprint density at radius 1 is 1.17 bits per heavy atom. The van der Waals surface area contributed by atoms with E-state index in [0.717, 1.165) is 22.9 Å². The summed E-state index contributed by atoms with van der Waals surface area (Å²) in [6.45, 7) is 0.792. The standard InChI is InChI=1S/C18H21N3OS/c1-21(2)16(13-7-6-8-14(11-13)22-3)12-19-18-20-15-9-4-5-10-17(15)23-18/h4-11,16H,12H2,1-3H3,(H,19,20)/t16-/m0/s1. The third-order valence-corrected chi connectivity index (χ3v) is 4.84. The van der Waals surface area contributed by atoms with Crippen LogP contribution in [0.3, 0.4) is 0 Å². The first-order valence-corrected chi connectivity index (χ1v) is 8.39. The van der Waals surface area contributed by atoms with Crippen LogP contribution in [0.15, 0.2) is 48.5 Å². The van der Waals surface area contributed by atoms with Crippen molar-refractivity contribution in [2.45, 2.75) is 6.04 Å². The molecular weight excluding hydrogens is 306 g/mol. The van der Waals surface area contributed by atoms with Crippen LogP contribution in [0.4, 0.5) is 5.13 Å². The molecule has 5 heteroatoms. The Morgan fingerprint density at radius 3 is 2.74 bits per heavy atom. The summed E-state index contributed by atoms with van der Waals surface area (Å²) in [7, 11) is 5.87. The number of fused-ring (bicyclic) bond motifs is 1. The van der Waals surface area contributed by atoms with Crippen LogP contribution in [0, 0.1) is 0 Å². The molecule has 1 aromatic heterocycles. The average molecular weight is 327 g/mol. The predicted octanol–water partition coefficient (Wildman–Crippen LogP) is 4.02. The van der Waals surface area contributed by atoms with E-state index in [9.17, 15) is 0 Å².